The van der Waals surface area contributed by atoms with Gasteiger partial charge in [0.05, 0.1) is 32.1 Å². The highest BCUT2D eigenvalue weighted by atomic mass is 16.5. The van der Waals surface area contributed by atoms with Crippen LogP contribution in [0.1, 0.15) is 29.4 Å². The molecule has 0 spiro atoms. The summed E-state index contributed by atoms with van der Waals surface area (Å²) in [5.41, 5.74) is 1.16. The Balaban J connectivity index is 1.69. The molecule has 0 aliphatic carbocycles. The number of methoxy groups -OCH3 is 1. The summed E-state index contributed by atoms with van der Waals surface area (Å²) in [7, 11) is 1.71. The molecule has 0 fully saturated rings. The van der Waals surface area contributed by atoms with Gasteiger partial charge in [-0.3, -0.25) is 0 Å². The molecule has 2 aromatic heterocycles. The van der Waals surface area contributed by atoms with Gasteiger partial charge in [-0.05, 0) is 30.3 Å². The van der Waals surface area contributed by atoms with Gasteiger partial charge < -0.3 is 18.9 Å². The van der Waals surface area contributed by atoms with Crippen molar-refractivity contribution in [2.75, 3.05) is 13.7 Å². The Hall–Kier alpha value is -2.46. The summed E-state index contributed by atoms with van der Waals surface area (Å²) >= 11 is 0. The number of ether oxygens (including phenoxy) is 1. The lowest BCUT2D eigenvalue weighted by Crippen LogP contribution is -2.82. The number of rotatable bonds is 8. The highest BCUT2D eigenvalue weighted by Gasteiger charge is 2.21. The number of para-hydroxylation sites is 1. The second kappa shape index (κ2) is 7.70. The fourth-order valence-electron chi connectivity index (χ4n) is 2.85. The third-order valence-electron chi connectivity index (χ3n) is 3.99. The molecule has 1 aromatic carbocycles. The van der Waals surface area contributed by atoms with Crippen LogP contribution in [-0.2, 0) is 6.54 Å². The fraction of sp³-hybridized carbons (Fsp3) is 0.263. The predicted octanol–water partition coefficient (Wildman–Crippen LogP) is 3.17. The maximum atomic E-state index is 5.66. The number of quaternary nitrogens is 1. The van der Waals surface area contributed by atoms with Crippen molar-refractivity contribution in [2.24, 2.45) is 0 Å². The summed E-state index contributed by atoms with van der Waals surface area (Å²) in [6.45, 7) is 1.83. The van der Waals surface area contributed by atoms with E-state index in [-0.39, 0.29) is 5.92 Å². The molecule has 3 aromatic rings. The van der Waals surface area contributed by atoms with Crippen molar-refractivity contribution in [3.63, 3.8) is 0 Å². The van der Waals surface area contributed by atoms with Crippen LogP contribution in [0.15, 0.2) is 69.9 Å². The molecule has 3 rings (SSSR count). The molecule has 0 saturated heterocycles. The minimum Gasteiger partial charge on any atom is -0.496 e. The second-order valence-corrected chi connectivity index (χ2v) is 5.46. The first-order valence-electron chi connectivity index (χ1n) is 7.89. The zero-order chi connectivity index (χ0) is 15.9. The Morgan fingerprint density at radius 2 is 1.83 bits per heavy atom. The molecule has 0 saturated carbocycles. The van der Waals surface area contributed by atoms with Crippen molar-refractivity contribution in [3.8, 4) is 5.75 Å². The molecule has 0 amide bonds. The SMILES string of the molecule is COc1ccccc1[C@H](CC[NH2+]Cc1ccco1)c1ccco1. The van der Waals surface area contributed by atoms with Crippen LogP contribution in [-0.4, -0.2) is 13.7 Å². The van der Waals surface area contributed by atoms with Crippen LogP contribution in [0.25, 0.3) is 0 Å². The first-order chi connectivity index (χ1) is 11.4. The quantitative estimate of drug-likeness (QED) is 0.650. The molecule has 0 aliphatic heterocycles. The van der Waals surface area contributed by atoms with Gasteiger partial charge in [0.15, 0.2) is 5.76 Å². The number of hydrogen-bond donors (Lipinski definition) is 1. The molecule has 2 heterocycles. The maximum absolute atomic E-state index is 5.66. The van der Waals surface area contributed by atoms with Gasteiger partial charge in [-0.25, -0.2) is 0 Å². The van der Waals surface area contributed by atoms with Crippen molar-refractivity contribution in [3.05, 3.63) is 78.1 Å². The molecule has 0 unspecified atom stereocenters. The van der Waals surface area contributed by atoms with E-state index in [0.29, 0.717) is 0 Å². The monoisotopic (exact) mass is 312 g/mol. The lowest BCUT2D eigenvalue weighted by Gasteiger charge is -2.17. The third kappa shape index (κ3) is 3.85. The lowest BCUT2D eigenvalue weighted by atomic mass is 9.92. The molecule has 23 heavy (non-hydrogen) atoms. The summed E-state index contributed by atoms with van der Waals surface area (Å²) in [6, 6.07) is 16.0. The topological polar surface area (TPSA) is 52.1 Å². The van der Waals surface area contributed by atoms with Crippen LogP contribution in [0.5, 0.6) is 5.75 Å². The van der Waals surface area contributed by atoms with Crippen LogP contribution in [0.4, 0.5) is 0 Å². The van der Waals surface area contributed by atoms with Gasteiger partial charge in [0, 0.05) is 12.0 Å². The Kier molecular flexibility index (Phi) is 5.17. The van der Waals surface area contributed by atoms with E-state index in [4.69, 9.17) is 13.6 Å². The average Bonchev–Trinajstić information content (AvgIpc) is 3.28. The van der Waals surface area contributed by atoms with E-state index in [9.17, 15) is 0 Å². The summed E-state index contributed by atoms with van der Waals surface area (Å²) in [6.07, 6.45) is 4.41. The number of benzene rings is 1. The first-order valence-corrected chi connectivity index (χ1v) is 7.89. The Bertz CT molecular complexity index is 689. The van der Waals surface area contributed by atoms with E-state index in [0.717, 1.165) is 42.3 Å². The van der Waals surface area contributed by atoms with Crippen molar-refractivity contribution < 1.29 is 18.9 Å². The van der Waals surface area contributed by atoms with Gasteiger partial charge in [0.2, 0.25) is 0 Å². The highest BCUT2D eigenvalue weighted by molar-refractivity contribution is 5.39. The van der Waals surface area contributed by atoms with Crippen molar-refractivity contribution in [1.29, 1.82) is 0 Å². The molecule has 1 atom stereocenters. The average molecular weight is 312 g/mol. The second-order valence-electron chi connectivity index (χ2n) is 5.46. The molecule has 4 heteroatoms. The number of hydrogen-bond acceptors (Lipinski definition) is 3. The minimum absolute atomic E-state index is 0.189. The van der Waals surface area contributed by atoms with Crippen molar-refractivity contribution in [2.45, 2.75) is 18.9 Å². The van der Waals surface area contributed by atoms with E-state index in [1.54, 1.807) is 19.6 Å². The highest BCUT2D eigenvalue weighted by Crippen LogP contribution is 2.33. The zero-order valence-corrected chi connectivity index (χ0v) is 13.3. The van der Waals surface area contributed by atoms with E-state index >= 15 is 0 Å². The summed E-state index contributed by atoms with van der Waals surface area (Å²) in [5.74, 6) is 3.06. The van der Waals surface area contributed by atoms with E-state index < -0.39 is 0 Å². The third-order valence-corrected chi connectivity index (χ3v) is 3.99. The lowest BCUT2D eigenvalue weighted by molar-refractivity contribution is -0.672. The van der Waals surface area contributed by atoms with Crippen LogP contribution >= 0.6 is 0 Å². The Labute approximate surface area is 136 Å². The zero-order valence-electron chi connectivity index (χ0n) is 13.3. The van der Waals surface area contributed by atoms with Gasteiger partial charge in [0.1, 0.15) is 18.1 Å². The van der Waals surface area contributed by atoms with Crippen LogP contribution in [0.3, 0.4) is 0 Å². The first kappa shape index (κ1) is 15.4. The van der Waals surface area contributed by atoms with Gasteiger partial charge in [-0.1, -0.05) is 18.2 Å². The van der Waals surface area contributed by atoms with E-state index in [1.807, 2.05) is 42.5 Å². The Morgan fingerprint density at radius 1 is 1.00 bits per heavy atom. The fourth-order valence-corrected chi connectivity index (χ4v) is 2.85. The summed E-state index contributed by atoms with van der Waals surface area (Å²) < 4.78 is 16.6. The molecule has 120 valence electrons. The molecular formula is C19H22NO3+. The van der Waals surface area contributed by atoms with E-state index in [1.165, 1.54) is 0 Å². The van der Waals surface area contributed by atoms with Gasteiger partial charge in [-0.2, -0.15) is 0 Å². The number of furan rings is 2. The largest absolute Gasteiger partial charge is 0.496 e. The normalized spacial score (nSPS) is 12.2. The van der Waals surface area contributed by atoms with Crippen molar-refractivity contribution in [1.82, 2.24) is 0 Å². The van der Waals surface area contributed by atoms with Crippen molar-refractivity contribution >= 4 is 0 Å². The maximum Gasteiger partial charge on any atom is 0.157 e. The molecule has 4 nitrogen and oxygen atoms in total. The molecule has 0 bridgehead atoms. The van der Waals surface area contributed by atoms with E-state index in [2.05, 4.69) is 11.4 Å². The molecule has 2 N–H and O–H groups in total. The molecule has 0 radical (unpaired) electrons. The minimum atomic E-state index is 0.189. The van der Waals surface area contributed by atoms with Gasteiger partial charge in [-0.15, -0.1) is 0 Å². The summed E-state index contributed by atoms with van der Waals surface area (Å²) in [4.78, 5) is 0. The van der Waals surface area contributed by atoms with Crippen LogP contribution in [0, 0.1) is 0 Å². The van der Waals surface area contributed by atoms with Gasteiger partial charge in [0.25, 0.3) is 0 Å². The molecule has 0 aliphatic rings. The molecular weight excluding hydrogens is 290 g/mol. The van der Waals surface area contributed by atoms with Crippen LogP contribution < -0.4 is 10.1 Å². The van der Waals surface area contributed by atoms with Crippen LogP contribution in [0.2, 0.25) is 0 Å². The standard InChI is InChI=1S/C19H21NO3/c1-21-18-8-3-2-7-16(18)17(19-9-5-13-23-19)10-11-20-14-15-6-4-12-22-15/h2-9,12-13,17,20H,10-11,14H2,1H3/p+1/t17-/m0/s1. The smallest absolute Gasteiger partial charge is 0.157 e. The number of nitrogens with two attached hydrogens (primary N) is 1. The predicted molar refractivity (Wildman–Crippen MR) is 87.4 cm³/mol. The Morgan fingerprint density at radius 3 is 2.57 bits per heavy atom. The van der Waals surface area contributed by atoms with Gasteiger partial charge >= 0.3 is 0 Å². The summed E-state index contributed by atoms with van der Waals surface area (Å²) in [5, 5.41) is 2.25.